The third kappa shape index (κ3) is 4.87. The van der Waals surface area contributed by atoms with Crippen LogP contribution in [-0.4, -0.2) is 22.0 Å². The van der Waals surface area contributed by atoms with Crippen molar-refractivity contribution in [2.24, 2.45) is 11.5 Å². The maximum atomic E-state index is 12.3. The van der Waals surface area contributed by atoms with E-state index in [0.29, 0.717) is 11.3 Å². The summed E-state index contributed by atoms with van der Waals surface area (Å²) in [4.78, 5) is 27.5. The quantitative estimate of drug-likeness (QED) is 0.356. The van der Waals surface area contributed by atoms with Crippen molar-refractivity contribution in [1.29, 1.82) is 0 Å². The van der Waals surface area contributed by atoms with Crippen LogP contribution in [0.25, 0.3) is 5.70 Å². The number of anilines is 1. The first-order valence-corrected chi connectivity index (χ1v) is 7.89. The molecule has 8 heteroatoms. The molecule has 0 aliphatic heterocycles. The fourth-order valence-corrected chi connectivity index (χ4v) is 2.27. The Morgan fingerprint density at radius 1 is 1.22 bits per heavy atom. The molecule has 0 aliphatic carbocycles. The van der Waals surface area contributed by atoms with Crippen molar-refractivity contribution in [3.8, 4) is 12.3 Å². The Balaban J connectivity index is 2.26. The van der Waals surface area contributed by atoms with E-state index < -0.39 is 11.9 Å². The van der Waals surface area contributed by atoms with Gasteiger partial charge in [0.15, 0.2) is 0 Å². The van der Waals surface area contributed by atoms with E-state index in [-0.39, 0.29) is 27.5 Å². The first-order chi connectivity index (χ1) is 12.8. The number of carbonyl (C=O) groups excluding carboxylic acids is 1. The number of nitrogens with zero attached hydrogens (tertiary/aromatic N) is 1. The van der Waals surface area contributed by atoms with E-state index in [0.717, 1.165) is 6.07 Å². The molecule has 1 heterocycles. The van der Waals surface area contributed by atoms with Gasteiger partial charge in [-0.2, -0.15) is 0 Å². The zero-order valence-corrected chi connectivity index (χ0v) is 14.7. The van der Waals surface area contributed by atoms with Gasteiger partial charge >= 0.3 is 5.97 Å². The molecule has 1 amide bonds. The fourth-order valence-electron chi connectivity index (χ4n) is 2.05. The molecule has 1 aromatic heterocycles. The van der Waals surface area contributed by atoms with Gasteiger partial charge in [-0.25, -0.2) is 4.79 Å². The third-order valence-corrected chi connectivity index (χ3v) is 3.77. The molecule has 27 heavy (non-hydrogen) atoms. The summed E-state index contributed by atoms with van der Waals surface area (Å²) in [6.07, 6.45) is 11.2. The summed E-state index contributed by atoms with van der Waals surface area (Å²) in [5, 5.41) is 11.8. The normalized spacial score (nSPS) is 11.6. The number of pyridine rings is 1. The van der Waals surface area contributed by atoms with Crippen molar-refractivity contribution in [2.45, 2.75) is 0 Å². The number of allylic oxidation sites excluding steroid dienone is 2. The minimum absolute atomic E-state index is 0.0210. The second-order valence-electron chi connectivity index (χ2n) is 5.26. The van der Waals surface area contributed by atoms with Gasteiger partial charge in [0.1, 0.15) is 0 Å². The van der Waals surface area contributed by atoms with Crippen LogP contribution in [0, 0.1) is 12.3 Å². The minimum Gasteiger partial charge on any atom is -0.478 e. The number of carboxylic acid groups (broad SMARTS) is 1. The van der Waals surface area contributed by atoms with Crippen LogP contribution in [0.2, 0.25) is 5.02 Å². The second kappa shape index (κ2) is 8.56. The predicted octanol–water partition coefficient (Wildman–Crippen LogP) is 2.20. The molecule has 0 bridgehead atoms. The number of benzene rings is 1. The number of nitrogens with two attached hydrogens (primary N) is 2. The van der Waals surface area contributed by atoms with Crippen molar-refractivity contribution in [3.63, 3.8) is 0 Å². The molecule has 0 saturated carbocycles. The third-order valence-electron chi connectivity index (χ3n) is 3.46. The second-order valence-corrected chi connectivity index (χ2v) is 5.67. The van der Waals surface area contributed by atoms with Crippen LogP contribution in [0.5, 0.6) is 0 Å². The molecular formula is C19H15ClN4O3. The number of rotatable bonds is 5. The lowest BCUT2D eigenvalue weighted by Gasteiger charge is -2.10. The lowest BCUT2D eigenvalue weighted by atomic mass is 10.1. The van der Waals surface area contributed by atoms with Crippen LogP contribution < -0.4 is 16.8 Å². The minimum atomic E-state index is -1.28. The number of carbonyl (C=O) groups is 2. The molecule has 7 nitrogen and oxygen atoms in total. The summed E-state index contributed by atoms with van der Waals surface area (Å²) in [6.45, 7) is 0. The number of amides is 1. The summed E-state index contributed by atoms with van der Waals surface area (Å²) in [7, 11) is 0. The van der Waals surface area contributed by atoms with Crippen LogP contribution >= 0.6 is 11.6 Å². The molecule has 1 aromatic carbocycles. The average molecular weight is 383 g/mol. The Labute approximate surface area is 160 Å². The van der Waals surface area contributed by atoms with E-state index in [9.17, 15) is 14.7 Å². The van der Waals surface area contributed by atoms with E-state index >= 15 is 0 Å². The molecule has 0 unspecified atom stereocenters. The van der Waals surface area contributed by atoms with Gasteiger partial charge in [0.05, 0.1) is 22.0 Å². The van der Waals surface area contributed by atoms with Gasteiger partial charge in [0.2, 0.25) is 0 Å². The van der Waals surface area contributed by atoms with E-state index in [1.807, 2.05) is 0 Å². The monoisotopic (exact) mass is 382 g/mol. The topological polar surface area (TPSA) is 131 Å². The van der Waals surface area contributed by atoms with Crippen molar-refractivity contribution in [1.82, 2.24) is 4.98 Å². The van der Waals surface area contributed by atoms with Crippen LogP contribution in [0.15, 0.2) is 54.5 Å². The molecule has 0 radical (unpaired) electrons. The zero-order valence-electron chi connectivity index (χ0n) is 13.9. The van der Waals surface area contributed by atoms with Gasteiger partial charge in [-0.15, -0.1) is 6.42 Å². The van der Waals surface area contributed by atoms with Crippen LogP contribution in [0.4, 0.5) is 5.69 Å². The smallest absolute Gasteiger partial charge is 0.337 e. The fraction of sp³-hybridized carbons (Fsp3) is 0. The molecule has 0 aliphatic rings. The van der Waals surface area contributed by atoms with E-state index in [1.165, 1.54) is 18.2 Å². The van der Waals surface area contributed by atoms with Crippen LogP contribution in [0.1, 0.15) is 21.5 Å². The maximum Gasteiger partial charge on any atom is 0.337 e. The largest absolute Gasteiger partial charge is 0.478 e. The lowest BCUT2D eigenvalue weighted by molar-refractivity contribution is -0.112. The van der Waals surface area contributed by atoms with Crippen molar-refractivity contribution >= 4 is 34.9 Å². The Hall–Kier alpha value is -3.76. The molecule has 0 spiro atoms. The number of halogens is 1. The molecule has 6 N–H and O–H groups in total. The lowest BCUT2D eigenvalue weighted by Crippen LogP contribution is -2.21. The van der Waals surface area contributed by atoms with Crippen LogP contribution in [0.3, 0.4) is 0 Å². The highest BCUT2D eigenvalue weighted by molar-refractivity contribution is 6.32. The van der Waals surface area contributed by atoms with Crippen molar-refractivity contribution in [3.05, 3.63) is 76.2 Å². The summed E-state index contributed by atoms with van der Waals surface area (Å²) in [5.74, 6) is 0.311. The van der Waals surface area contributed by atoms with E-state index in [2.05, 4.69) is 16.2 Å². The molecule has 0 atom stereocenters. The van der Waals surface area contributed by atoms with Crippen molar-refractivity contribution < 1.29 is 14.7 Å². The Morgan fingerprint density at radius 2 is 1.89 bits per heavy atom. The van der Waals surface area contributed by atoms with E-state index in [4.69, 9.17) is 29.5 Å². The summed E-state index contributed by atoms with van der Waals surface area (Å²) < 4.78 is 0. The Morgan fingerprint density at radius 3 is 2.48 bits per heavy atom. The predicted molar refractivity (Wildman–Crippen MR) is 104 cm³/mol. The molecule has 0 fully saturated rings. The number of hydrogen-bond acceptors (Lipinski definition) is 5. The van der Waals surface area contributed by atoms with Gasteiger partial charge in [0.25, 0.3) is 5.91 Å². The van der Waals surface area contributed by atoms with Crippen LogP contribution in [-0.2, 0) is 4.79 Å². The molecular weight excluding hydrogens is 368 g/mol. The molecule has 0 saturated heterocycles. The van der Waals surface area contributed by atoms with E-state index in [1.54, 1.807) is 24.5 Å². The number of nitrogens with one attached hydrogen (secondary N) is 1. The Bertz CT molecular complexity index is 992. The Kier molecular flexibility index (Phi) is 6.20. The maximum absolute atomic E-state index is 12.3. The molecule has 136 valence electrons. The first kappa shape index (κ1) is 19.6. The van der Waals surface area contributed by atoms with Crippen molar-refractivity contribution in [2.75, 3.05) is 5.32 Å². The summed E-state index contributed by atoms with van der Waals surface area (Å²) in [5.41, 5.74) is 12.5. The van der Waals surface area contributed by atoms with Gasteiger partial charge in [-0.05, 0) is 36.4 Å². The number of aromatic nitrogens is 1. The summed E-state index contributed by atoms with van der Waals surface area (Å²) >= 11 is 5.91. The number of aromatic carboxylic acids is 1. The first-order valence-electron chi connectivity index (χ1n) is 7.51. The SMILES string of the molecule is C#Cc1cc(NC(=O)/C(N)=C/C=C(\N)c2ccncc2)c(C(=O)O)cc1Cl. The number of carboxylic acids is 1. The zero-order chi connectivity index (χ0) is 20.0. The summed E-state index contributed by atoms with van der Waals surface area (Å²) in [6, 6.07) is 5.85. The number of terminal acetylenes is 1. The number of hydrogen-bond donors (Lipinski definition) is 4. The molecule has 2 rings (SSSR count). The molecule has 2 aromatic rings. The highest BCUT2D eigenvalue weighted by Crippen LogP contribution is 2.25. The van der Waals surface area contributed by atoms with Gasteiger partial charge in [-0.1, -0.05) is 17.5 Å². The van der Waals surface area contributed by atoms with Gasteiger partial charge in [0, 0.05) is 29.2 Å². The highest BCUT2D eigenvalue weighted by Gasteiger charge is 2.16. The average Bonchev–Trinajstić information content (AvgIpc) is 2.67. The van der Waals surface area contributed by atoms with Gasteiger partial charge < -0.3 is 21.9 Å². The standard InChI is InChI=1S/C19H15ClN4O3/c1-2-11-9-17(13(19(26)27)10-14(11)20)24-18(25)16(22)4-3-15(21)12-5-7-23-8-6-12/h1,3-10H,21-22H2,(H,24,25)(H,26,27)/b15-3-,16-4-. The van der Waals surface area contributed by atoms with Gasteiger partial charge in [-0.3, -0.25) is 9.78 Å². The highest BCUT2D eigenvalue weighted by atomic mass is 35.5.